The number of aromatic nitrogens is 2. The Balaban J connectivity index is 2.50. The number of nitrogen functional groups attached to an aromatic ring is 1. The number of rotatable bonds is 4. The first-order chi connectivity index (χ1) is 9.19. The van der Waals surface area contributed by atoms with E-state index in [1.165, 1.54) is 12.3 Å². The predicted molar refractivity (Wildman–Crippen MR) is 71.6 cm³/mol. The standard InChI is InChI=1S/C12H20N4O4/c1-12(2,3)20-11(19)15-6-8(17)9(18)7-4-5-14-10(13)16-7/h4-5,8-9,17-18H,6H2,1-3H3,(H,15,19)(H2,13,14,16). The highest BCUT2D eigenvalue weighted by Gasteiger charge is 2.22. The van der Waals surface area contributed by atoms with Crippen molar-refractivity contribution in [3.63, 3.8) is 0 Å². The first kappa shape index (κ1) is 16.1. The second-order valence-corrected chi connectivity index (χ2v) is 5.23. The van der Waals surface area contributed by atoms with Crippen molar-refractivity contribution in [1.82, 2.24) is 15.3 Å². The number of carbonyl (C=O) groups is 1. The lowest BCUT2D eigenvalue weighted by molar-refractivity contribution is 0.0109. The van der Waals surface area contributed by atoms with Crippen molar-refractivity contribution < 1.29 is 19.7 Å². The van der Waals surface area contributed by atoms with Crippen molar-refractivity contribution in [2.24, 2.45) is 0 Å². The molecule has 20 heavy (non-hydrogen) atoms. The molecule has 0 radical (unpaired) electrons. The van der Waals surface area contributed by atoms with Crippen molar-refractivity contribution >= 4 is 12.0 Å². The maximum atomic E-state index is 11.4. The largest absolute Gasteiger partial charge is 0.444 e. The lowest BCUT2D eigenvalue weighted by atomic mass is 10.1. The molecule has 0 aliphatic rings. The number of carbonyl (C=O) groups excluding carboxylic acids is 1. The first-order valence-corrected chi connectivity index (χ1v) is 6.10. The SMILES string of the molecule is CC(C)(C)OC(=O)NCC(O)C(O)c1ccnc(N)n1. The zero-order valence-electron chi connectivity index (χ0n) is 11.7. The summed E-state index contributed by atoms with van der Waals surface area (Å²) in [5.74, 6) is -0.00569. The van der Waals surface area contributed by atoms with Crippen LogP contribution in [0.2, 0.25) is 0 Å². The van der Waals surface area contributed by atoms with Gasteiger partial charge in [0.15, 0.2) is 0 Å². The van der Waals surface area contributed by atoms with Gasteiger partial charge in [-0.25, -0.2) is 14.8 Å². The fraction of sp³-hybridized carbons (Fsp3) is 0.583. The van der Waals surface area contributed by atoms with Gasteiger partial charge in [0.2, 0.25) is 5.95 Å². The van der Waals surface area contributed by atoms with E-state index >= 15 is 0 Å². The number of hydrogen-bond donors (Lipinski definition) is 4. The van der Waals surface area contributed by atoms with Crippen molar-refractivity contribution in [1.29, 1.82) is 0 Å². The summed E-state index contributed by atoms with van der Waals surface area (Å²) in [4.78, 5) is 18.9. The van der Waals surface area contributed by atoms with E-state index in [0.29, 0.717) is 0 Å². The van der Waals surface area contributed by atoms with Crippen LogP contribution in [0.15, 0.2) is 12.3 Å². The molecule has 1 rings (SSSR count). The number of aliphatic hydroxyl groups excluding tert-OH is 2. The topological polar surface area (TPSA) is 131 Å². The molecular formula is C12H20N4O4. The molecule has 8 nitrogen and oxygen atoms in total. The van der Waals surface area contributed by atoms with Crippen molar-refractivity contribution in [2.75, 3.05) is 12.3 Å². The maximum Gasteiger partial charge on any atom is 0.407 e. The van der Waals surface area contributed by atoms with Crippen molar-refractivity contribution in [3.8, 4) is 0 Å². The van der Waals surface area contributed by atoms with E-state index in [4.69, 9.17) is 10.5 Å². The van der Waals surface area contributed by atoms with E-state index in [0.717, 1.165) is 0 Å². The average Bonchev–Trinajstić information content (AvgIpc) is 2.33. The zero-order valence-corrected chi connectivity index (χ0v) is 11.7. The summed E-state index contributed by atoms with van der Waals surface area (Å²) < 4.78 is 5.00. The highest BCUT2D eigenvalue weighted by Crippen LogP contribution is 2.14. The van der Waals surface area contributed by atoms with Gasteiger partial charge < -0.3 is 26.0 Å². The van der Waals surface area contributed by atoms with E-state index in [1.54, 1.807) is 20.8 Å². The molecule has 0 aliphatic carbocycles. The van der Waals surface area contributed by atoms with Gasteiger partial charge in [0.1, 0.15) is 17.8 Å². The molecule has 1 heterocycles. The quantitative estimate of drug-likeness (QED) is 0.611. The molecule has 0 fully saturated rings. The number of nitrogens with one attached hydrogen (secondary N) is 1. The number of alkyl carbamates (subject to hydrolysis) is 1. The van der Waals surface area contributed by atoms with Gasteiger partial charge in [0.05, 0.1) is 5.69 Å². The summed E-state index contributed by atoms with van der Waals surface area (Å²) in [6.07, 6.45) is -1.83. The summed E-state index contributed by atoms with van der Waals surface area (Å²) in [5, 5.41) is 22.0. The highest BCUT2D eigenvalue weighted by molar-refractivity contribution is 5.67. The fourth-order valence-electron chi connectivity index (χ4n) is 1.36. The van der Waals surface area contributed by atoms with Gasteiger partial charge in [-0.2, -0.15) is 0 Å². The van der Waals surface area contributed by atoms with Gasteiger partial charge in [-0.05, 0) is 26.8 Å². The molecule has 1 aromatic heterocycles. The van der Waals surface area contributed by atoms with Gasteiger partial charge in [-0.15, -0.1) is 0 Å². The summed E-state index contributed by atoms with van der Waals surface area (Å²) in [6, 6.07) is 1.43. The highest BCUT2D eigenvalue weighted by atomic mass is 16.6. The molecule has 0 aliphatic heterocycles. The molecule has 0 saturated carbocycles. The van der Waals surface area contributed by atoms with Crippen LogP contribution in [0.4, 0.5) is 10.7 Å². The third-order valence-electron chi connectivity index (χ3n) is 2.22. The van der Waals surface area contributed by atoms with E-state index < -0.39 is 23.9 Å². The Morgan fingerprint density at radius 1 is 1.50 bits per heavy atom. The average molecular weight is 284 g/mol. The maximum absolute atomic E-state index is 11.4. The van der Waals surface area contributed by atoms with Crippen LogP contribution < -0.4 is 11.1 Å². The van der Waals surface area contributed by atoms with E-state index in [2.05, 4.69) is 15.3 Å². The smallest absolute Gasteiger partial charge is 0.407 e. The molecule has 5 N–H and O–H groups in total. The van der Waals surface area contributed by atoms with Crippen LogP contribution in [-0.2, 0) is 4.74 Å². The summed E-state index contributed by atoms with van der Waals surface area (Å²) in [7, 11) is 0. The molecule has 1 aromatic rings. The van der Waals surface area contributed by atoms with Crippen LogP contribution >= 0.6 is 0 Å². The van der Waals surface area contributed by atoms with Crippen molar-refractivity contribution in [3.05, 3.63) is 18.0 Å². The van der Waals surface area contributed by atoms with E-state index in [9.17, 15) is 15.0 Å². The van der Waals surface area contributed by atoms with Gasteiger partial charge in [0.25, 0.3) is 0 Å². The third-order valence-corrected chi connectivity index (χ3v) is 2.22. The molecule has 1 amide bonds. The molecule has 0 bridgehead atoms. The summed E-state index contributed by atoms with van der Waals surface area (Å²) >= 11 is 0. The van der Waals surface area contributed by atoms with Crippen molar-refractivity contribution in [2.45, 2.75) is 38.6 Å². The second-order valence-electron chi connectivity index (χ2n) is 5.23. The molecule has 0 saturated heterocycles. The van der Waals surface area contributed by atoms with Gasteiger partial charge in [-0.1, -0.05) is 0 Å². The Kier molecular flexibility index (Phi) is 5.23. The van der Waals surface area contributed by atoms with Crippen LogP contribution in [0, 0.1) is 0 Å². The Morgan fingerprint density at radius 3 is 2.70 bits per heavy atom. The minimum Gasteiger partial charge on any atom is -0.444 e. The Bertz CT molecular complexity index is 461. The van der Waals surface area contributed by atoms with Crippen LogP contribution in [-0.4, -0.2) is 44.5 Å². The van der Waals surface area contributed by atoms with E-state index in [1.807, 2.05) is 0 Å². The van der Waals surface area contributed by atoms with Crippen LogP contribution in [0.25, 0.3) is 0 Å². The predicted octanol–water partition coefficient (Wildman–Crippen LogP) is -0.0222. The van der Waals surface area contributed by atoms with Gasteiger partial charge in [-0.3, -0.25) is 0 Å². The number of nitrogens with two attached hydrogens (primary N) is 1. The van der Waals surface area contributed by atoms with Crippen LogP contribution in [0.1, 0.15) is 32.6 Å². The lowest BCUT2D eigenvalue weighted by Gasteiger charge is -2.22. The molecule has 0 spiro atoms. The monoisotopic (exact) mass is 284 g/mol. The number of hydrogen-bond acceptors (Lipinski definition) is 7. The molecule has 112 valence electrons. The second kappa shape index (κ2) is 6.49. The molecular weight excluding hydrogens is 264 g/mol. The first-order valence-electron chi connectivity index (χ1n) is 6.10. The molecule has 2 unspecified atom stereocenters. The van der Waals surface area contributed by atoms with Gasteiger partial charge >= 0.3 is 6.09 Å². The minimum absolute atomic E-state index is 0.00569. The lowest BCUT2D eigenvalue weighted by Crippen LogP contribution is -2.39. The Hall–Kier alpha value is -1.93. The zero-order chi connectivity index (χ0) is 15.3. The van der Waals surface area contributed by atoms with Gasteiger partial charge in [0, 0.05) is 12.7 Å². The normalized spacial score (nSPS) is 14.4. The number of amides is 1. The molecule has 0 aromatic carbocycles. The number of aliphatic hydroxyl groups is 2. The minimum atomic E-state index is -1.28. The van der Waals surface area contributed by atoms with Crippen LogP contribution in [0.3, 0.4) is 0 Å². The molecule has 8 heteroatoms. The number of ether oxygens (including phenoxy) is 1. The summed E-state index contributed by atoms with van der Waals surface area (Å²) in [6.45, 7) is 4.99. The third kappa shape index (κ3) is 5.37. The molecule has 2 atom stereocenters. The van der Waals surface area contributed by atoms with E-state index in [-0.39, 0.29) is 18.2 Å². The Morgan fingerprint density at radius 2 is 2.15 bits per heavy atom. The fourth-order valence-corrected chi connectivity index (χ4v) is 1.36. The Labute approximate surface area is 117 Å². The number of nitrogens with zero attached hydrogens (tertiary/aromatic N) is 2. The van der Waals surface area contributed by atoms with Crippen LogP contribution in [0.5, 0.6) is 0 Å². The number of anilines is 1. The summed E-state index contributed by atoms with van der Waals surface area (Å²) in [5.41, 5.74) is 4.93.